The molecule has 0 aliphatic carbocycles. The van der Waals surface area contributed by atoms with Gasteiger partial charge in [-0.05, 0) is 0 Å². The van der Waals surface area contributed by atoms with Crippen LogP contribution in [-0.2, 0) is 19.2 Å². The smallest absolute Gasteiger partial charge is 0.310 e. The molecule has 0 radical (unpaired) electrons. The molecule has 8 nitrogen and oxygen atoms in total. The summed E-state index contributed by atoms with van der Waals surface area (Å²) in [4.78, 5) is 49.7. The van der Waals surface area contributed by atoms with Crippen molar-refractivity contribution in [2.75, 3.05) is 39.7 Å². The van der Waals surface area contributed by atoms with Gasteiger partial charge in [-0.2, -0.15) is 25.3 Å². The Balaban J connectivity index is 4.75. The Labute approximate surface area is 140 Å². The van der Waals surface area contributed by atoms with Crippen LogP contribution >= 0.6 is 25.3 Å². The van der Waals surface area contributed by atoms with Crippen molar-refractivity contribution in [2.24, 2.45) is 0 Å². The van der Waals surface area contributed by atoms with Gasteiger partial charge in [0.1, 0.15) is 12.1 Å². The lowest BCUT2D eigenvalue weighted by atomic mass is 10.2. The van der Waals surface area contributed by atoms with Gasteiger partial charge in [0.2, 0.25) is 11.8 Å². The number of hydrogen-bond donors (Lipinski definition) is 4. The van der Waals surface area contributed by atoms with E-state index in [1.165, 1.54) is 38.0 Å². The van der Waals surface area contributed by atoms with Gasteiger partial charge in [0.25, 0.3) is 0 Å². The number of rotatable bonds is 6. The first-order valence-electron chi connectivity index (χ1n) is 6.41. The number of nitrogens with zero attached hydrogens (tertiary/aromatic N) is 2. The van der Waals surface area contributed by atoms with E-state index < -0.39 is 23.9 Å². The summed E-state index contributed by atoms with van der Waals surface area (Å²) in [7, 11) is 6.10. The second-order valence-electron chi connectivity index (χ2n) is 4.88. The van der Waals surface area contributed by atoms with Crippen molar-refractivity contribution in [3.63, 3.8) is 0 Å². The van der Waals surface area contributed by atoms with E-state index in [1.807, 2.05) is 0 Å². The van der Waals surface area contributed by atoms with E-state index in [1.54, 1.807) is 0 Å². The summed E-state index contributed by atoms with van der Waals surface area (Å²) in [5.41, 5.74) is 0. The molecule has 2 N–H and O–H groups in total. The third-order valence-corrected chi connectivity index (χ3v) is 3.39. The van der Waals surface area contributed by atoms with Gasteiger partial charge >= 0.3 is 11.8 Å². The molecule has 0 heterocycles. The van der Waals surface area contributed by atoms with Crippen LogP contribution in [0.5, 0.6) is 0 Å². The van der Waals surface area contributed by atoms with E-state index in [0.29, 0.717) is 0 Å². The fraction of sp³-hybridized carbons (Fsp3) is 0.667. The van der Waals surface area contributed by atoms with Crippen LogP contribution in [0.4, 0.5) is 0 Å². The minimum atomic E-state index is -1.01. The molecule has 0 fully saturated rings. The van der Waals surface area contributed by atoms with Crippen LogP contribution in [0.25, 0.3) is 0 Å². The lowest BCUT2D eigenvalue weighted by Crippen LogP contribution is -2.55. The van der Waals surface area contributed by atoms with Crippen molar-refractivity contribution >= 4 is 48.9 Å². The molecule has 0 saturated carbocycles. The highest BCUT2D eigenvalue weighted by Gasteiger charge is 2.27. The number of thiol groups is 2. The van der Waals surface area contributed by atoms with Crippen LogP contribution in [0.2, 0.25) is 0 Å². The first-order chi connectivity index (χ1) is 10.1. The molecular weight excluding hydrogens is 328 g/mol. The Bertz CT molecular complexity index is 403. The van der Waals surface area contributed by atoms with Crippen molar-refractivity contribution in [3.05, 3.63) is 0 Å². The summed E-state index contributed by atoms with van der Waals surface area (Å²) in [5.74, 6) is -2.69. The standard InChI is InChI=1S/C12H22N4O4S2/c1-15(2)11(19)7(5-21)13-9(17)10(18)14-8(6-22)12(20)16(3)4/h7-8,21-22H,5-6H2,1-4H3,(H,13,17)(H,14,18). The molecule has 0 aromatic carbocycles. The highest BCUT2D eigenvalue weighted by molar-refractivity contribution is 7.80. The number of likely N-dealkylation sites (N-methyl/N-ethyl adjacent to an activating group) is 2. The van der Waals surface area contributed by atoms with Crippen molar-refractivity contribution in [1.29, 1.82) is 0 Å². The highest BCUT2D eigenvalue weighted by atomic mass is 32.1. The summed E-state index contributed by atoms with van der Waals surface area (Å²) in [5, 5.41) is 4.55. The third-order valence-electron chi connectivity index (χ3n) is 2.66. The molecule has 2 atom stereocenters. The van der Waals surface area contributed by atoms with Crippen LogP contribution in [0.3, 0.4) is 0 Å². The number of nitrogens with one attached hydrogen (secondary N) is 2. The average molecular weight is 350 g/mol. The Kier molecular flexibility index (Phi) is 8.95. The summed E-state index contributed by atoms with van der Waals surface area (Å²) >= 11 is 7.95. The van der Waals surface area contributed by atoms with Gasteiger partial charge in [0, 0.05) is 39.7 Å². The molecule has 0 bridgehead atoms. The summed E-state index contributed by atoms with van der Waals surface area (Å²) in [6, 6.07) is -1.84. The van der Waals surface area contributed by atoms with Gasteiger partial charge in [0.15, 0.2) is 0 Å². The SMILES string of the molecule is CN(C)C(=O)C(CS)NC(=O)C(=O)NC(CS)C(=O)N(C)C. The quantitative estimate of drug-likeness (QED) is 0.329. The Hall–Kier alpha value is -1.42. The van der Waals surface area contributed by atoms with Gasteiger partial charge < -0.3 is 20.4 Å². The minimum absolute atomic E-state index is 0.0443. The number of carbonyl (C=O) groups is 4. The first kappa shape index (κ1) is 20.6. The number of amides is 4. The molecule has 0 aromatic heterocycles. The minimum Gasteiger partial charge on any atom is -0.347 e. The molecule has 4 amide bonds. The fourth-order valence-electron chi connectivity index (χ4n) is 1.44. The van der Waals surface area contributed by atoms with E-state index in [-0.39, 0.29) is 23.3 Å². The van der Waals surface area contributed by atoms with Crippen molar-refractivity contribution < 1.29 is 19.2 Å². The van der Waals surface area contributed by atoms with Gasteiger partial charge in [-0.3, -0.25) is 19.2 Å². The molecule has 10 heteroatoms. The molecule has 0 spiro atoms. The monoisotopic (exact) mass is 350 g/mol. The van der Waals surface area contributed by atoms with E-state index in [9.17, 15) is 19.2 Å². The maximum absolute atomic E-state index is 11.8. The second kappa shape index (κ2) is 9.57. The Morgan fingerprint density at radius 2 is 1.05 bits per heavy atom. The van der Waals surface area contributed by atoms with Crippen LogP contribution in [0.15, 0.2) is 0 Å². The van der Waals surface area contributed by atoms with Crippen LogP contribution in [-0.4, -0.2) is 85.2 Å². The van der Waals surface area contributed by atoms with E-state index in [2.05, 4.69) is 35.9 Å². The summed E-state index contributed by atoms with van der Waals surface area (Å²) in [6.07, 6.45) is 0. The third kappa shape index (κ3) is 6.14. The van der Waals surface area contributed by atoms with Crippen LogP contribution in [0.1, 0.15) is 0 Å². The molecule has 0 saturated heterocycles. The van der Waals surface area contributed by atoms with Gasteiger partial charge in [-0.1, -0.05) is 0 Å². The van der Waals surface area contributed by atoms with Crippen molar-refractivity contribution in [3.8, 4) is 0 Å². The number of carbonyl (C=O) groups excluding carboxylic acids is 4. The summed E-state index contributed by atoms with van der Waals surface area (Å²) in [6.45, 7) is 0. The Morgan fingerprint density at radius 1 is 0.773 bits per heavy atom. The molecule has 2 unspecified atom stereocenters. The number of hydrogen-bond acceptors (Lipinski definition) is 6. The lowest BCUT2D eigenvalue weighted by Gasteiger charge is -2.22. The fourth-order valence-corrected chi connectivity index (χ4v) is 1.94. The maximum Gasteiger partial charge on any atom is 0.310 e. The van der Waals surface area contributed by atoms with E-state index in [0.717, 1.165) is 0 Å². The predicted octanol–water partition coefficient (Wildman–Crippen LogP) is -2.01. The van der Waals surface area contributed by atoms with Crippen LogP contribution < -0.4 is 10.6 Å². The van der Waals surface area contributed by atoms with Gasteiger partial charge in [0.05, 0.1) is 0 Å². The van der Waals surface area contributed by atoms with Gasteiger partial charge in [-0.15, -0.1) is 0 Å². The average Bonchev–Trinajstić information content (AvgIpc) is 2.47. The molecular formula is C12H22N4O4S2. The molecule has 0 aromatic rings. The molecule has 22 heavy (non-hydrogen) atoms. The Morgan fingerprint density at radius 3 is 1.23 bits per heavy atom. The van der Waals surface area contributed by atoms with E-state index >= 15 is 0 Å². The molecule has 126 valence electrons. The molecule has 0 aliphatic rings. The largest absolute Gasteiger partial charge is 0.347 e. The van der Waals surface area contributed by atoms with Gasteiger partial charge in [-0.25, -0.2) is 0 Å². The van der Waals surface area contributed by atoms with Crippen molar-refractivity contribution in [2.45, 2.75) is 12.1 Å². The highest BCUT2D eigenvalue weighted by Crippen LogP contribution is 1.96. The zero-order chi connectivity index (χ0) is 17.4. The normalized spacial score (nSPS) is 12.8. The maximum atomic E-state index is 11.8. The van der Waals surface area contributed by atoms with E-state index in [4.69, 9.17) is 0 Å². The van der Waals surface area contributed by atoms with Crippen LogP contribution in [0, 0.1) is 0 Å². The predicted molar refractivity (Wildman–Crippen MR) is 89.0 cm³/mol. The molecule has 0 aliphatic heterocycles. The second-order valence-corrected chi connectivity index (χ2v) is 5.61. The first-order valence-corrected chi connectivity index (χ1v) is 7.67. The van der Waals surface area contributed by atoms with Crippen molar-refractivity contribution in [1.82, 2.24) is 20.4 Å². The lowest BCUT2D eigenvalue weighted by molar-refractivity contribution is -0.143. The summed E-state index contributed by atoms with van der Waals surface area (Å²) < 4.78 is 0. The molecule has 0 rings (SSSR count). The topological polar surface area (TPSA) is 98.8 Å². The zero-order valence-electron chi connectivity index (χ0n) is 13.0. The zero-order valence-corrected chi connectivity index (χ0v) is 14.8.